The minimum atomic E-state index is -3.81. The zero-order valence-electron chi connectivity index (χ0n) is 14.7. The molecule has 0 radical (unpaired) electrons. The summed E-state index contributed by atoms with van der Waals surface area (Å²) in [5, 5.41) is 6.24. The molecule has 1 heterocycles. The van der Waals surface area contributed by atoms with Crippen molar-refractivity contribution in [1.29, 1.82) is 0 Å². The van der Waals surface area contributed by atoms with Crippen LogP contribution in [0.4, 0.5) is 11.5 Å². The van der Waals surface area contributed by atoms with Crippen LogP contribution in [0.3, 0.4) is 0 Å². The van der Waals surface area contributed by atoms with Crippen LogP contribution in [-0.2, 0) is 14.8 Å². The molecule has 8 nitrogen and oxygen atoms in total. The molecular weight excluding hydrogens is 450 g/mol. The first kappa shape index (κ1) is 19.9. The van der Waals surface area contributed by atoms with Gasteiger partial charge in [-0.15, -0.1) is 0 Å². The summed E-state index contributed by atoms with van der Waals surface area (Å²) in [7, 11) is -3.81. The van der Waals surface area contributed by atoms with Crippen molar-refractivity contribution in [2.75, 3.05) is 16.6 Å². The average molecular weight is 466 g/mol. The SMILES string of the molecule is Cc1cc(NS(=O)(=O)c2ccc(NC(=O)COc3cccc(Br)c3)cc2)no1. The van der Waals surface area contributed by atoms with Crippen molar-refractivity contribution < 1.29 is 22.5 Å². The number of hydrogen-bond acceptors (Lipinski definition) is 6. The molecule has 0 atom stereocenters. The highest BCUT2D eigenvalue weighted by molar-refractivity contribution is 9.10. The van der Waals surface area contributed by atoms with E-state index in [0.29, 0.717) is 17.2 Å². The van der Waals surface area contributed by atoms with Crippen LogP contribution < -0.4 is 14.8 Å². The first-order chi connectivity index (χ1) is 13.3. The van der Waals surface area contributed by atoms with E-state index in [1.54, 1.807) is 25.1 Å². The highest BCUT2D eigenvalue weighted by atomic mass is 79.9. The van der Waals surface area contributed by atoms with Crippen molar-refractivity contribution in [3.63, 3.8) is 0 Å². The van der Waals surface area contributed by atoms with E-state index in [1.165, 1.54) is 30.3 Å². The third kappa shape index (κ3) is 5.33. The van der Waals surface area contributed by atoms with Gasteiger partial charge in [0.15, 0.2) is 12.4 Å². The minimum Gasteiger partial charge on any atom is -0.484 e. The second kappa shape index (κ2) is 8.44. The Morgan fingerprint density at radius 1 is 1.18 bits per heavy atom. The van der Waals surface area contributed by atoms with E-state index in [-0.39, 0.29) is 23.2 Å². The number of aromatic nitrogens is 1. The Bertz CT molecular complexity index is 1080. The van der Waals surface area contributed by atoms with E-state index in [4.69, 9.17) is 9.26 Å². The summed E-state index contributed by atoms with van der Waals surface area (Å²) in [4.78, 5) is 12.0. The third-order valence-corrected chi connectivity index (χ3v) is 5.35. The van der Waals surface area contributed by atoms with Crippen LogP contribution >= 0.6 is 15.9 Å². The Hall–Kier alpha value is -2.85. The molecule has 0 aliphatic rings. The van der Waals surface area contributed by atoms with Crippen LogP contribution in [-0.4, -0.2) is 26.1 Å². The van der Waals surface area contributed by atoms with Crippen molar-refractivity contribution in [1.82, 2.24) is 5.16 Å². The lowest BCUT2D eigenvalue weighted by Crippen LogP contribution is -2.20. The van der Waals surface area contributed by atoms with Gasteiger partial charge >= 0.3 is 0 Å². The van der Waals surface area contributed by atoms with Crippen LogP contribution in [0.1, 0.15) is 5.76 Å². The van der Waals surface area contributed by atoms with Gasteiger partial charge in [-0.2, -0.15) is 0 Å². The fraction of sp³-hybridized carbons (Fsp3) is 0.111. The standard InChI is InChI=1S/C18H16BrN3O5S/c1-12-9-17(21-27-12)22-28(24,25)16-7-5-14(6-8-16)20-18(23)11-26-15-4-2-3-13(19)10-15/h2-10H,11H2,1H3,(H,20,23)(H,21,22). The van der Waals surface area contributed by atoms with Gasteiger partial charge in [-0.05, 0) is 49.4 Å². The number of benzene rings is 2. The first-order valence-electron chi connectivity index (χ1n) is 8.06. The molecular formula is C18H16BrN3O5S. The second-order valence-corrected chi connectivity index (χ2v) is 8.34. The largest absolute Gasteiger partial charge is 0.484 e. The van der Waals surface area contributed by atoms with Crippen LogP contribution in [0.25, 0.3) is 0 Å². The molecule has 2 N–H and O–H groups in total. The predicted octanol–water partition coefficient (Wildman–Crippen LogP) is 3.56. The number of carbonyl (C=O) groups is 1. The summed E-state index contributed by atoms with van der Waals surface area (Å²) in [6.07, 6.45) is 0. The molecule has 28 heavy (non-hydrogen) atoms. The van der Waals surface area contributed by atoms with E-state index in [2.05, 4.69) is 31.1 Å². The summed E-state index contributed by atoms with van der Waals surface area (Å²) in [5.74, 6) is 0.771. The minimum absolute atomic E-state index is 0.0246. The van der Waals surface area contributed by atoms with Gasteiger partial charge in [-0.25, -0.2) is 8.42 Å². The van der Waals surface area contributed by atoms with Gasteiger partial charge in [0, 0.05) is 16.2 Å². The van der Waals surface area contributed by atoms with Gasteiger partial charge in [-0.1, -0.05) is 27.2 Å². The number of nitrogens with zero attached hydrogens (tertiary/aromatic N) is 1. The Kier molecular flexibility index (Phi) is 6.00. The summed E-state index contributed by atoms with van der Waals surface area (Å²) < 4.78 is 38.0. The number of aryl methyl sites for hydroxylation is 1. The van der Waals surface area contributed by atoms with Crippen molar-refractivity contribution in [3.8, 4) is 5.75 Å². The molecule has 0 aliphatic heterocycles. The number of nitrogens with one attached hydrogen (secondary N) is 2. The predicted molar refractivity (Wildman–Crippen MR) is 107 cm³/mol. The summed E-state index contributed by atoms with van der Waals surface area (Å²) >= 11 is 3.32. The number of amides is 1. The van der Waals surface area contributed by atoms with Gasteiger partial charge in [0.2, 0.25) is 0 Å². The normalized spacial score (nSPS) is 11.1. The van der Waals surface area contributed by atoms with Crippen LogP contribution in [0.15, 0.2) is 68.5 Å². The Balaban J connectivity index is 1.58. The zero-order valence-corrected chi connectivity index (χ0v) is 17.1. The monoisotopic (exact) mass is 465 g/mol. The maximum Gasteiger partial charge on any atom is 0.263 e. The molecule has 0 aliphatic carbocycles. The number of sulfonamides is 1. The summed E-state index contributed by atoms with van der Waals surface area (Å²) in [6.45, 7) is 1.48. The first-order valence-corrected chi connectivity index (χ1v) is 10.3. The molecule has 3 rings (SSSR count). The fourth-order valence-corrected chi connectivity index (χ4v) is 3.59. The van der Waals surface area contributed by atoms with E-state index in [1.807, 2.05) is 6.07 Å². The molecule has 0 bridgehead atoms. The number of carbonyl (C=O) groups excluding carboxylic acids is 1. The van der Waals surface area contributed by atoms with Gasteiger partial charge < -0.3 is 14.6 Å². The molecule has 146 valence electrons. The van der Waals surface area contributed by atoms with Crippen LogP contribution in [0.5, 0.6) is 5.75 Å². The van der Waals surface area contributed by atoms with Gasteiger partial charge in [0.05, 0.1) is 4.90 Å². The highest BCUT2D eigenvalue weighted by Gasteiger charge is 2.16. The fourth-order valence-electron chi connectivity index (χ4n) is 2.23. The van der Waals surface area contributed by atoms with Crippen molar-refractivity contribution in [2.45, 2.75) is 11.8 Å². The summed E-state index contributed by atoms with van der Waals surface area (Å²) in [6, 6.07) is 14.3. The molecule has 0 saturated heterocycles. The molecule has 2 aromatic carbocycles. The molecule has 10 heteroatoms. The molecule has 0 fully saturated rings. The van der Waals surface area contributed by atoms with E-state index in [9.17, 15) is 13.2 Å². The molecule has 0 spiro atoms. The Morgan fingerprint density at radius 3 is 2.57 bits per heavy atom. The van der Waals surface area contributed by atoms with Crippen molar-refractivity contribution in [2.24, 2.45) is 0 Å². The maximum absolute atomic E-state index is 12.3. The number of halogens is 1. The van der Waals surface area contributed by atoms with Crippen molar-refractivity contribution in [3.05, 3.63) is 64.8 Å². The molecule has 3 aromatic rings. The van der Waals surface area contributed by atoms with Gasteiger partial charge in [0.25, 0.3) is 15.9 Å². The smallest absolute Gasteiger partial charge is 0.263 e. The van der Waals surface area contributed by atoms with E-state index < -0.39 is 10.0 Å². The molecule has 0 saturated carbocycles. The molecule has 1 aromatic heterocycles. The lowest BCUT2D eigenvalue weighted by Gasteiger charge is -2.09. The number of anilines is 2. The third-order valence-electron chi connectivity index (χ3n) is 3.48. The maximum atomic E-state index is 12.3. The van der Waals surface area contributed by atoms with Crippen molar-refractivity contribution >= 4 is 43.4 Å². The second-order valence-electron chi connectivity index (χ2n) is 5.75. The number of hydrogen-bond donors (Lipinski definition) is 2. The van der Waals surface area contributed by atoms with Crippen LogP contribution in [0.2, 0.25) is 0 Å². The lowest BCUT2D eigenvalue weighted by molar-refractivity contribution is -0.118. The quantitative estimate of drug-likeness (QED) is 0.551. The highest BCUT2D eigenvalue weighted by Crippen LogP contribution is 2.19. The Labute approximate surface area is 170 Å². The topological polar surface area (TPSA) is 111 Å². The van der Waals surface area contributed by atoms with Crippen LogP contribution in [0, 0.1) is 6.92 Å². The number of ether oxygens (including phenoxy) is 1. The number of rotatable bonds is 7. The lowest BCUT2D eigenvalue weighted by atomic mass is 10.3. The van der Waals surface area contributed by atoms with E-state index in [0.717, 1.165) is 4.47 Å². The molecule has 0 unspecified atom stereocenters. The summed E-state index contributed by atoms with van der Waals surface area (Å²) in [5.41, 5.74) is 0.444. The van der Waals surface area contributed by atoms with E-state index >= 15 is 0 Å². The van der Waals surface area contributed by atoms with Gasteiger partial charge in [-0.3, -0.25) is 9.52 Å². The average Bonchev–Trinajstić information content (AvgIpc) is 3.04. The zero-order chi connectivity index (χ0) is 20.1. The van der Waals surface area contributed by atoms with Gasteiger partial charge in [0.1, 0.15) is 11.5 Å². The molecule has 1 amide bonds. The Morgan fingerprint density at radius 2 is 1.93 bits per heavy atom.